The highest BCUT2D eigenvalue weighted by Crippen LogP contribution is 2.28. The molecule has 3 amide bonds. The van der Waals surface area contributed by atoms with Crippen LogP contribution >= 0.6 is 0 Å². The molecule has 1 saturated heterocycles. The van der Waals surface area contributed by atoms with Crippen LogP contribution < -0.4 is 9.47 Å². The Kier molecular flexibility index (Phi) is 6.46. The van der Waals surface area contributed by atoms with Crippen molar-refractivity contribution in [1.82, 2.24) is 9.91 Å². The van der Waals surface area contributed by atoms with Crippen molar-refractivity contribution in [2.75, 3.05) is 39.5 Å². The van der Waals surface area contributed by atoms with Crippen LogP contribution in [0.3, 0.4) is 0 Å². The van der Waals surface area contributed by atoms with Gasteiger partial charge in [0.1, 0.15) is 0 Å². The van der Waals surface area contributed by atoms with E-state index in [-0.39, 0.29) is 12.5 Å². The first-order chi connectivity index (χ1) is 15.6. The van der Waals surface area contributed by atoms with Crippen LogP contribution in [0.1, 0.15) is 33.2 Å². The largest absolute Gasteiger partial charge is 0.490 e. The topological polar surface area (TPSA) is 97.7 Å². The van der Waals surface area contributed by atoms with Gasteiger partial charge in [-0.1, -0.05) is 12.1 Å². The lowest BCUT2D eigenvalue weighted by Crippen LogP contribution is -2.43. The van der Waals surface area contributed by atoms with E-state index in [0.717, 1.165) is 5.01 Å². The molecule has 9 heteroatoms. The molecule has 2 aromatic carbocycles. The molecule has 0 aliphatic carbocycles. The molecule has 166 valence electrons. The summed E-state index contributed by atoms with van der Waals surface area (Å²) in [5.41, 5.74) is 1.27. The van der Waals surface area contributed by atoms with Crippen molar-refractivity contribution in [2.45, 2.75) is 6.92 Å². The third-order valence-electron chi connectivity index (χ3n) is 5.08. The Balaban J connectivity index is 1.45. The summed E-state index contributed by atoms with van der Waals surface area (Å²) in [5, 5.41) is 4.92. The predicted octanol–water partition coefficient (Wildman–Crippen LogP) is 1.95. The Morgan fingerprint density at radius 3 is 2.38 bits per heavy atom. The maximum absolute atomic E-state index is 12.4. The Labute approximate surface area is 185 Å². The third-order valence-corrected chi connectivity index (χ3v) is 5.08. The molecule has 0 spiro atoms. The van der Waals surface area contributed by atoms with Crippen LogP contribution in [0.15, 0.2) is 47.6 Å². The fourth-order valence-electron chi connectivity index (χ4n) is 3.44. The molecule has 0 radical (unpaired) electrons. The van der Waals surface area contributed by atoms with Gasteiger partial charge in [-0.25, -0.2) is 0 Å². The van der Waals surface area contributed by atoms with Gasteiger partial charge in [-0.2, -0.15) is 10.1 Å². The fraction of sp³-hybridized carbons (Fsp3) is 0.304. The van der Waals surface area contributed by atoms with E-state index < -0.39 is 11.8 Å². The molecule has 0 bridgehead atoms. The number of carbonyl (C=O) groups is 3. The zero-order valence-electron chi connectivity index (χ0n) is 17.7. The zero-order valence-corrected chi connectivity index (χ0v) is 17.7. The number of amides is 3. The Bertz CT molecular complexity index is 1030. The average molecular weight is 437 g/mol. The number of rotatable bonds is 7. The molecule has 2 aliphatic heterocycles. The number of carbonyl (C=O) groups excluding carboxylic acids is 3. The monoisotopic (exact) mass is 437 g/mol. The first-order valence-corrected chi connectivity index (χ1v) is 10.4. The lowest BCUT2D eigenvalue weighted by atomic mass is 10.1. The maximum Gasteiger partial charge on any atom is 0.282 e. The number of hydrogen-bond acceptors (Lipinski definition) is 7. The second-order valence-electron chi connectivity index (χ2n) is 7.13. The van der Waals surface area contributed by atoms with E-state index >= 15 is 0 Å². The van der Waals surface area contributed by atoms with Crippen molar-refractivity contribution in [3.63, 3.8) is 0 Å². The van der Waals surface area contributed by atoms with Crippen LogP contribution in [0.4, 0.5) is 0 Å². The molecule has 0 saturated carbocycles. The van der Waals surface area contributed by atoms with Gasteiger partial charge in [-0.05, 0) is 42.8 Å². The van der Waals surface area contributed by atoms with Gasteiger partial charge in [0.05, 0.1) is 37.2 Å². The quantitative estimate of drug-likeness (QED) is 0.485. The van der Waals surface area contributed by atoms with Crippen LogP contribution in [0.2, 0.25) is 0 Å². The lowest BCUT2D eigenvalue weighted by molar-refractivity contribution is -0.137. The molecule has 2 aliphatic rings. The molecular weight excluding hydrogens is 414 g/mol. The van der Waals surface area contributed by atoms with Gasteiger partial charge in [-0.15, -0.1) is 0 Å². The number of ether oxygens (including phenoxy) is 3. The molecule has 0 unspecified atom stereocenters. The van der Waals surface area contributed by atoms with Gasteiger partial charge in [0, 0.05) is 13.1 Å². The first-order valence-electron chi connectivity index (χ1n) is 10.4. The van der Waals surface area contributed by atoms with Crippen molar-refractivity contribution >= 4 is 23.9 Å². The SMILES string of the molecule is CCOc1cc(/C=N\N2C(=O)c3ccccc3C2=O)ccc1OCC(=O)N1CCOCC1. The van der Waals surface area contributed by atoms with E-state index in [0.29, 0.717) is 61.1 Å². The average Bonchev–Trinajstić information content (AvgIpc) is 3.07. The number of imide groups is 1. The Morgan fingerprint density at radius 2 is 1.72 bits per heavy atom. The van der Waals surface area contributed by atoms with Crippen molar-refractivity contribution in [3.05, 3.63) is 59.2 Å². The van der Waals surface area contributed by atoms with Crippen molar-refractivity contribution in [3.8, 4) is 11.5 Å². The second-order valence-corrected chi connectivity index (χ2v) is 7.13. The number of benzene rings is 2. The highest BCUT2D eigenvalue weighted by atomic mass is 16.5. The summed E-state index contributed by atoms with van der Waals surface area (Å²) in [4.78, 5) is 38.9. The van der Waals surface area contributed by atoms with E-state index in [9.17, 15) is 14.4 Å². The van der Waals surface area contributed by atoms with E-state index in [1.165, 1.54) is 6.21 Å². The van der Waals surface area contributed by atoms with Crippen LogP contribution in [0.5, 0.6) is 11.5 Å². The standard InChI is InChI=1S/C23H23N3O6/c1-2-31-20-13-16(7-8-19(20)32-15-21(27)25-9-11-30-12-10-25)14-24-26-22(28)17-5-3-4-6-18(17)23(26)29/h3-8,13-14H,2,9-12,15H2,1H3/b24-14-. The Morgan fingerprint density at radius 1 is 1.03 bits per heavy atom. The second kappa shape index (κ2) is 9.61. The number of hydrogen-bond donors (Lipinski definition) is 0. The molecule has 32 heavy (non-hydrogen) atoms. The van der Waals surface area contributed by atoms with Gasteiger partial charge in [0.25, 0.3) is 17.7 Å². The van der Waals surface area contributed by atoms with Gasteiger partial charge in [-0.3, -0.25) is 14.4 Å². The summed E-state index contributed by atoms with van der Waals surface area (Å²) >= 11 is 0. The minimum Gasteiger partial charge on any atom is -0.490 e. The van der Waals surface area contributed by atoms with Crippen LogP contribution in [0.25, 0.3) is 0 Å². The summed E-state index contributed by atoms with van der Waals surface area (Å²) in [6.45, 7) is 4.27. The third kappa shape index (κ3) is 4.47. The highest BCUT2D eigenvalue weighted by molar-refractivity contribution is 6.21. The van der Waals surface area contributed by atoms with Crippen LogP contribution in [-0.2, 0) is 9.53 Å². The minimum atomic E-state index is -0.464. The van der Waals surface area contributed by atoms with E-state index in [1.807, 2.05) is 6.92 Å². The lowest BCUT2D eigenvalue weighted by Gasteiger charge is -2.26. The van der Waals surface area contributed by atoms with Crippen molar-refractivity contribution in [1.29, 1.82) is 0 Å². The normalized spacial score (nSPS) is 15.9. The van der Waals surface area contributed by atoms with Crippen LogP contribution in [0, 0.1) is 0 Å². The molecule has 0 atom stereocenters. The maximum atomic E-state index is 12.4. The number of morpholine rings is 1. The smallest absolute Gasteiger partial charge is 0.282 e. The molecule has 0 N–H and O–H groups in total. The molecule has 9 nitrogen and oxygen atoms in total. The number of fused-ring (bicyclic) bond motifs is 1. The van der Waals surface area contributed by atoms with Crippen molar-refractivity contribution < 1.29 is 28.6 Å². The predicted molar refractivity (Wildman–Crippen MR) is 115 cm³/mol. The zero-order chi connectivity index (χ0) is 22.5. The Hall–Kier alpha value is -3.72. The van der Waals surface area contributed by atoms with Gasteiger partial charge in [0.2, 0.25) is 0 Å². The fourth-order valence-corrected chi connectivity index (χ4v) is 3.44. The number of hydrazone groups is 1. The van der Waals surface area contributed by atoms with Gasteiger partial charge in [0.15, 0.2) is 18.1 Å². The molecule has 1 fully saturated rings. The summed E-state index contributed by atoms with van der Waals surface area (Å²) in [5.74, 6) is -0.186. The molecule has 2 heterocycles. The van der Waals surface area contributed by atoms with E-state index in [2.05, 4.69) is 5.10 Å². The summed E-state index contributed by atoms with van der Waals surface area (Å²) in [7, 11) is 0. The van der Waals surface area contributed by atoms with E-state index in [1.54, 1.807) is 47.4 Å². The summed E-state index contributed by atoms with van der Waals surface area (Å²) in [6.07, 6.45) is 1.41. The summed E-state index contributed by atoms with van der Waals surface area (Å²) < 4.78 is 16.6. The molecular formula is C23H23N3O6. The van der Waals surface area contributed by atoms with Gasteiger partial charge < -0.3 is 19.1 Å². The minimum absolute atomic E-state index is 0.109. The van der Waals surface area contributed by atoms with E-state index in [4.69, 9.17) is 14.2 Å². The highest BCUT2D eigenvalue weighted by Gasteiger charge is 2.35. The molecule has 2 aromatic rings. The molecule has 0 aromatic heterocycles. The van der Waals surface area contributed by atoms with Crippen LogP contribution in [-0.4, -0.2) is 73.4 Å². The van der Waals surface area contributed by atoms with Crippen molar-refractivity contribution in [2.24, 2.45) is 5.10 Å². The summed E-state index contributed by atoms with van der Waals surface area (Å²) in [6, 6.07) is 11.7. The first kappa shape index (κ1) is 21.5. The number of nitrogens with zero attached hydrogens (tertiary/aromatic N) is 3. The molecule has 4 rings (SSSR count). The van der Waals surface area contributed by atoms with Gasteiger partial charge >= 0.3 is 0 Å².